The van der Waals surface area contributed by atoms with Crippen molar-refractivity contribution in [3.8, 4) is 17.2 Å². The Hall–Kier alpha value is -2.23. The molecule has 0 atom stereocenters. The predicted molar refractivity (Wildman–Crippen MR) is 86.8 cm³/mol. The minimum atomic E-state index is -0.269. The molecule has 0 heterocycles. The third-order valence-electron chi connectivity index (χ3n) is 3.19. The first-order valence-electron chi connectivity index (χ1n) is 7.73. The molecule has 0 saturated carbocycles. The molecule has 2 rings (SSSR count). The molecule has 118 valence electrons. The van der Waals surface area contributed by atoms with Gasteiger partial charge in [0.1, 0.15) is 5.75 Å². The van der Waals surface area contributed by atoms with Gasteiger partial charge in [0.2, 0.25) is 0 Å². The molecule has 0 radical (unpaired) electrons. The van der Waals surface area contributed by atoms with E-state index in [0.29, 0.717) is 36.9 Å². The molecule has 0 fully saturated rings. The van der Waals surface area contributed by atoms with Crippen molar-refractivity contribution in [1.82, 2.24) is 0 Å². The maximum absolute atomic E-state index is 11.7. The van der Waals surface area contributed by atoms with Crippen LogP contribution in [0.2, 0.25) is 0 Å². The monoisotopic (exact) mass is 302 g/mol. The number of fused-ring (bicyclic) bond motifs is 1. The fourth-order valence-corrected chi connectivity index (χ4v) is 2.19. The average molecular weight is 302 g/mol. The van der Waals surface area contributed by atoms with Crippen molar-refractivity contribution in [3.05, 3.63) is 30.3 Å². The molecular formula is C18H22O4. The smallest absolute Gasteiger partial charge is 0.310 e. The Bertz CT molecular complexity index is 649. The lowest BCUT2D eigenvalue weighted by molar-refractivity contribution is -0.133. The molecule has 4 nitrogen and oxygen atoms in total. The second-order valence-electron chi connectivity index (χ2n) is 4.86. The lowest BCUT2D eigenvalue weighted by Crippen LogP contribution is -2.07. The van der Waals surface area contributed by atoms with E-state index in [1.54, 1.807) is 13.0 Å². The number of hydrogen-bond donors (Lipinski definition) is 0. The SMILES string of the molecule is CCCOc1c(OCC)cc(OC(=O)CC)c2ccccc12. The van der Waals surface area contributed by atoms with E-state index in [4.69, 9.17) is 14.2 Å². The van der Waals surface area contributed by atoms with Crippen LogP contribution in [0.15, 0.2) is 30.3 Å². The molecule has 0 aliphatic rings. The fraction of sp³-hybridized carbons (Fsp3) is 0.389. The number of benzene rings is 2. The highest BCUT2D eigenvalue weighted by Gasteiger charge is 2.16. The summed E-state index contributed by atoms with van der Waals surface area (Å²) in [6.45, 7) is 6.86. The molecule has 2 aromatic rings. The topological polar surface area (TPSA) is 44.8 Å². The first-order chi connectivity index (χ1) is 10.7. The highest BCUT2D eigenvalue weighted by atomic mass is 16.5. The van der Waals surface area contributed by atoms with Gasteiger partial charge in [-0.2, -0.15) is 0 Å². The van der Waals surface area contributed by atoms with E-state index >= 15 is 0 Å². The van der Waals surface area contributed by atoms with Crippen LogP contribution in [0.3, 0.4) is 0 Å². The van der Waals surface area contributed by atoms with Gasteiger partial charge in [0.05, 0.1) is 13.2 Å². The zero-order valence-corrected chi connectivity index (χ0v) is 13.3. The van der Waals surface area contributed by atoms with Crippen molar-refractivity contribution < 1.29 is 19.0 Å². The minimum absolute atomic E-state index is 0.269. The first-order valence-corrected chi connectivity index (χ1v) is 7.73. The van der Waals surface area contributed by atoms with Crippen LogP contribution in [-0.4, -0.2) is 19.2 Å². The van der Waals surface area contributed by atoms with Gasteiger partial charge in [0, 0.05) is 23.3 Å². The zero-order valence-electron chi connectivity index (χ0n) is 13.3. The van der Waals surface area contributed by atoms with E-state index in [1.807, 2.05) is 31.2 Å². The number of carbonyl (C=O) groups is 1. The van der Waals surface area contributed by atoms with Gasteiger partial charge in [-0.05, 0) is 13.3 Å². The van der Waals surface area contributed by atoms with Gasteiger partial charge in [0.25, 0.3) is 0 Å². The molecule has 0 aromatic heterocycles. The Morgan fingerprint density at radius 3 is 2.36 bits per heavy atom. The molecule has 0 saturated heterocycles. The van der Waals surface area contributed by atoms with Crippen LogP contribution in [0, 0.1) is 0 Å². The van der Waals surface area contributed by atoms with Gasteiger partial charge >= 0.3 is 5.97 Å². The fourth-order valence-electron chi connectivity index (χ4n) is 2.19. The van der Waals surface area contributed by atoms with E-state index in [2.05, 4.69) is 6.92 Å². The minimum Gasteiger partial charge on any atom is -0.490 e. The zero-order chi connectivity index (χ0) is 15.9. The highest BCUT2D eigenvalue weighted by Crippen LogP contribution is 2.41. The van der Waals surface area contributed by atoms with Crippen molar-refractivity contribution in [2.75, 3.05) is 13.2 Å². The number of esters is 1. The first kappa shape index (κ1) is 16.1. The maximum atomic E-state index is 11.7. The van der Waals surface area contributed by atoms with Crippen LogP contribution in [-0.2, 0) is 4.79 Å². The Morgan fingerprint density at radius 2 is 1.73 bits per heavy atom. The summed E-state index contributed by atoms with van der Waals surface area (Å²) >= 11 is 0. The highest BCUT2D eigenvalue weighted by molar-refractivity contribution is 5.97. The molecule has 0 bridgehead atoms. The van der Waals surface area contributed by atoms with Crippen molar-refractivity contribution in [2.45, 2.75) is 33.6 Å². The molecule has 2 aromatic carbocycles. The number of ether oxygens (including phenoxy) is 3. The van der Waals surface area contributed by atoms with Crippen LogP contribution in [0.25, 0.3) is 10.8 Å². The maximum Gasteiger partial charge on any atom is 0.310 e. The Kier molecular flexibility index (Phi) is 5.64. The van der Waals surface area contributed by atoms with E-state index < -0.39 is 0 Å². The average Bonchev–Trinajstić information content (AvgIpc) is 2.54. The molecule has 0 aliphatic heterocycles. The van der Waals surface area contributed by atoms with Crippen molar-refractivity contribution >= 4 is 16.7 Å². The summed E-state index contributed by atoms with van der Waals surface area (Å²) in [6.07, 6.45) is 1.23. The van der Waals surface area contributed by atoms with Crippen LogP contribution in [0.1, 0.15) is 33.6 Å². The largest absolute Gasteiger partial charge is 0.490 e. The van der Waals surface area contributed by atoms with Crippen LogP contribution < -0.4 is 14.2 Å². The lowest BCUT2D eigenvalue weighted by Gasteiger charge is -2.16. The summed E-state index contributed by atoms with van der Waals surface area (Å²) in [5.74, 6) is 1.55. The third kappa shape index (κ3) is 3.50. The van der Waals surface area contributed by atoms with Crippen molar-refractivity contribution in [1.29, 1.82) is 0 Å². The molecule has 4 heteroatoms. The van der Waals surface area contributed by atoms with Gasteiger partial charge < -0.3 is 14.2 Å². The van der Waals surface area contributed by atoms with Crippen LogP contribution in [0.4, 0.5) is 0 Å². The molecule has 0 aliphatic carbocycles. The number of hydrogen-bond acceptors (Lipinski definition) is 4. The van der Waals surface area contributed by atoms with E-state index in [1.165, 1.54) is 0 Å². The van der Waals surface area contributed by atoms with Crippen LogP contribution >= 0.6 is 0 Å². The molecule has 0 amide bonds. The van der Waals surface area contributed by atoms with Gasteiger partial charge in [-0.1, -0.05) is 38.1 Å². The Balaban J connectivity index is 2.58. The van der Waals surface area contributed by atoms with E-state index in [0.717, 1.165) is 17.2 Å². The third-order valence-corrected chi connectivity index (χ3v) is 3.19. The summed E-state index contributed by atoms with van der Waals surface area (Å²) in [7, 11) is 0. The molecule has 0 N–H and O–H groups in total. The van der Waals surface area contributed by atoms with Gasteiger partial charge in [-0.15, -0.1) is 0 Å². The van der Waals surface area contributed by atoms with Gasteiger partial charge in [-0.3, -0.25) is 4.79 Å². The van der Waals surface area contributed by atoms with Gasteiger partial charge in [-0.25, -0.2) is 0 Å². The van der Waals surface area contributed by atoms with E-state index in [-0.39, 0.29) is 5.97 Å². The summed E-state index contributed by atoms with van der Waals surface area (Å²) in [5, 5.41) is 1.74. The Morgan fingerprint density at radius 1 is 1.00 bits per heavy atom. The summed E-state index contributed by atoms with van der Waals surface area (Å²) in [5.41, 5.74) is 0. The number of rotatable bonds is 7. The molecule has 22 heavy (non-hydrogen) atoms. The summed E-state index contributed by atoms with van der Waals surface area (Å²) in [6, 6.07) is 9.45. The standard InChI is InChI=1S/C18H22O4/c1-4-11-21-18-14-10-8-7-9-13(14)15(22-17(19)5-2)12-16(18)20-6-3/h7-10,12H,4-6,11H2,1-3H3. The predicted octanol–water partition coefficient (Wildman–Crippen LogP) is 4.34. The second kappa shape index (κ2) is 7.69. The summed E-state index contributed by atoms with van der Waals surface area (Å²) in [4.78, 5) is 11.7. The normalized spacial score (nSPS) is 10.5. The second-order valence-corrected chi connectivity index (χ2v) is 4.86. The number of carbonyl (C=O) groups excluding carboxylic acids is 1. The summed E-state index contributed by atoms with van der Waals surface area (Å²) < 4.78 is 17.0. The quantitative estimate of drug-likeness (QED) is 0.563. The van der Waals surface area contributed by atoms with Gasteiger partial charge in [0.15, 0.2) is 11.5 Å². The molecule has 0 spiro atoms. The lowest BCUT2D eigenvalue weighted by atomic mass is 10.1. The van der Waals surface area contributed by atoms with E-state index in [9.17, 15) is 4.79 Å². The van der Waals surface area contributed by atoms with Crippen molar-refractivity contribution in [2.24, 2.45) is 0 Å². The van der Waals surface area contributed by atoms with Crippen LogP contribution in [0.5, 0.6) is 17.2 Å². The molecule has 0 unspecified atom stereocenters. The molecular weight excluding hydrogens is 280 g/mol. The van der Waals surface area contributed by atoms with Crippen molar-refractivity contribution in [3.63, 3.8) is 0 Å². The Labute approximate surface area is 131 Å².